The van der Waals surface area contributed by atoms with Crippen molar-refractivity contribution in [3.05, 3.63) is 78.1 Å². The maximum Gasteiger partial charge on any atom is 0.0730 e. The topological polar surface area (TPSA) is 69.5 Å². The maximum absolute atomic E-state index is 9.46. The number of aromatic nitrogens is 2. The van der Waals surface area contributed by atoms with E-state index < -0.39 is 0 Å². The number of rotatable bonds is 7. The molecule has 2 N–H and O–H groups in total. The summed E-state index contributed by atoms with van der Waals surface area (Å²) in [5, 5.41) is 21.0. The van der Waals surface area contributed by atoms with Crippen molar-refractivity contribution in [3.63, 3.8) is 0 Å². The molecule has 5 nitrogen and oxygen atoms in total. The highest BCUT2D eigenvalue weighted by Crippen LogP contribution is 2.28. The Labute approximate surface area is 169 Å². The van der Waals surface area contributed by atoms with Gasteiger partial charge in [-0.2, -0.15) is 0 Å². The number of para-hydroxylation sites is 2. The molecule has 0 aliphatic carbocycles. The van der Waals surface area contributed by atoms with Gasteiger partial charge in [-0.25, -0.2) is 4.98 Å². The molecule has 0 amide bonds. The Morgan fingerprint density at radius 1 is 0.793 bits per heavy atom. The molecule has 29 heavy (non-hydrogen) atoms. The minimum atomic E-state index is 0.0187. The SMILES string of the molecule is OCCN(CCO)c1cc(C=Cc2ccnc3ccccc23)nc2ccccc12. The summed E-state index contributed by atoms with van der Waals surface area (Å²) in [6.45, 7) is 0.940. The fourth-order valence-corrected chi connectivity index (χ4v) is 3.56. The van der Waals surface area contributed by atoms with E-state index in [0.717, 1.165) is 38.8 Å². The lowest BCUT2D eigenvalue weighted by molar-refractivity contribution is 0.281. The molecule has 2 heterocycles. The Morgan fingerprint density at radius 3 is 2.24 bits per heavy atom. The Bertz CT molecular complexity index is 1150. The summed E-state index contributed by atoms with van der Waals surface area (Å²) in [6, 6.07) is 20.0. The fraction of sp³-hybridized carbons (Fsp3) is 0.167. The zero-order chi connectivity index (χ0) is 20.1. The maximum atomic E-state index is 9.46. The van der Waals surface area contributed by atoms with Gasteiger partial charge in [-0.15, -0.1) is 0 Å². The highest BCUT2D eigenvalue weighted by Gasteiger charge is 2.11. The molecule has 0 aliphatic rings. The van der Waals surface area contributed by atoms with Crippen molar-refractivity contribution in [3.8, 4) is 0 Å². The van der Waals surface area contributed by atoms with Crippen LogP contribution in [0.5, 0.6) is 0 Å². The molecule has 0 bridgehead atoms. The Hall–Kier alpha value is -3.28. The Balaban J connectivity index is 1.78. The molecule has 0 fully saturated rings. The van der Waals surface area contributed by atoms with Crippen molar-refractivity contribution in [1.29, 1.82) is 0 Å². The molecule has 2 aromatic heterocycles. The van der Waals surface area contributed by atoms with Crippen LogP contribution in [0.2, 0.25) is 0 Å². The van der Waals surface area contributed by atoms with E-state index >= 15 is 0 Å². The van der Waals surface area contributed by atoms with Crippen molar-refractivity contribution < 1.29 is 10.2 Å². The van der Waals surface area contributed by atoms with E-state index in [-0.39, 0.29) is 13.2 Å². The first-order valence-electron chi connectivity index (χ1n) is 9.68. The summed E-state index contributed by atoms with van der Waals surface area (Å²) in [7, 11) is 0. The minimum Gasteiger partial charge on any atom is -0.395 e. The number of hydrogen-bond acceptors (Lipinski definition) is 5. The van der Waals surface area contributed by atoms with E-state index in [0.29, 0.717) is 13.1 Å². The van der Waals surface area contributed by atoms with Gasteiger partial charge in [-0.3, -0.25) is 4.98 Å². The average Bonchev–Trinajstić information content (AvgIpc) is 2.77. The monoisotopic (exact) mass is 385 g/mol. The van der Waals surface area contributed by atoms with Gasteiger partial charge in [0, 0.05) is 35.7 Å². The highest BCUT2D eigenvalue weighted by molar-refractivity contribution is 5.94. The third kappa shape index (κ3) is 4.11. The van der Waals surface area contributed by atoms with Crippen molar-refractivity contribution >= 4 is 39.6 Å². The lowest BCUT2D eigenvalue weighted by Gasteiger charge is -2.24. The van der Waals surface area contributed by atoms with Crippen molar-refractivity contribution in [2.45, 2.75) is 0 Å². The number of aliphatic hydroxyl groups is 2. The van der Waals surface area contributed by atoms with Crippen LogP contribution in [0.4, 0.5) is 5.69 Å². The molecule has 5 heteroatoms. The van der Waals surface area contributed by atoms with Gasteiger partial charge >= 0.3 is 0 Å². The molecule has 0 aliphatic heterocycles. The van der Waals surface area contributed by atoms with Gasteiger partial charge in [0.1, 0.15) is 0 Å². The predicted octanol–water partition coefficient (Wildman–Crippen LogP) is 3.74. The van der Waals surface area contributed by atoms with Gasteiger partial charge in [0.15, 0.2) is 0 Å². The van der Waals surface area contributed by atoms with E-state index in [4.69, 9.17) is 4.98 Å². The third-order valence-corrected chi connectivity index (χ3v) is 4.91. The molecule has 4 aromatic rings. The largest absolute Gasteiger partial charge is 0.395 e. The first-order valence-corrected chi connectivity index (χ1v) is 9.68. The van der Waals surface area contributed by atoms with Gasteiger partial charge in [-0.05, 0) is 35.9 Å². The molecule has 4 rings (SSSR count). The first kappa shape index (κ1) is 19.1. The number of aliphatic hydroxyl groups excluding tert-OH is 2. The standard InChI is InChI=1S/C24H23N3O2/c28-15-13-27(14-16-29)24-17-19(26-23-8-4-2-6-21(23)24)10-9-18-11-12-25-22-7-3-1-5-20(18)22/h1-12,17,28-29H,13-16H2. The minimum absolute atomic E-state index is 0.0187. The predicted molar refractivity (Wildman–Crippen MR) is 119 cm³/mol. The zero-order valence-corrected chi connectivity index (χ0v) is 16.1. The molecule has 0 atom stereocenters. The molecule has 0 radical (unpaired) electrons. The summed E-state index contributed by atoms with van der Waals surface area (Å²) >= 11 is 0. The van der Waals surface area contributed by atoms with Crippen molar-refractivity contribution in [2.75, 3.05) is 31.2 Å². The molecule has 0 unspecified atom stereocenters. The Morgan fingerprint density at radius 2 is 1.48 bits per heavy atom. The number of benzene rings is 2. The number of pyridine rings is 2. The normalized spacial score (nSPS) is 11.5. The van der Waals surface area contributed by atoms with Crippen LogP contribution in [-0.4, -0.2) is 46.5 Å². The van der Waals surface area contributed by atoms with Crippen LogP contribution in [0.25, 0.3) is 34.0 Å². The number of anilines is 1. The first-order chi connectivity index (χ1) is 14.3. The van der Waals surface area contributed by atoms with Crippen LogP contribution in [0.1, 0.15) is 11.3 Å². The third-order valence-electron chi connectivity index (χ3n) is 4.91. The molecule has 146 valence electrons. The zero-order valence-electron chi connectivity index (χ0n) is 16.1. The summed E-state index contributed by atoms with van der Waals surface area (Å²) in [5.74, 6) is 0. The van der Waals surface area contributed by atoms with Crippen molar-refractivity contribution in [1.82, 2.24) is 9.97 Å². The number of nitrogens with zero attached hydrogens (tertiary/aromatic N) is 3. The molecule has 0 spiro atoms. The van der Waals surface area contributed by atoms with E-state index in [1.54, 1.807) is 0 Å². The Kier molecular flexibility index (Phi) is 5.79. The van der Waals surface area contributed by atoms with Crippen LogP contribution < -0.4 is 4.90 Å². The van der Waals surface area contributed by atoms with Crippen LogP contribution in [0, 0.1) is 0 Å². The number of hydrogen-bond donors (Lipinski definition) is 2. The molecular weight excluding hydrogens is 362 g/mol. The lowest BCUT2D eigenvalue weighted by atomic mass is 10.1. The second kappa shape index (κ2) is 8.82. The van der Waals surface area contributed by atoms with E-state index in [9.17, 15) is 10.2 Å². The van der Waals surface area contributed by atoms with E-state index in [1.807, 2.05) is 77.8 Å². The highest BCUT2D eigenvalue weighted by atomic mass is 16.3. The van der Waals surface area contributed by atoms with Crippen LogP contribution >= 0.6 is 0 Å². The second-order valence-electron chi connectivity index (χ2n) is 6.77. The van der Waals surface area contributed by atoms with E-state index in [2.05, 4.69) is 11.1 Å². The lowest BCUT2D eigenvalue weighted by Crippen LogP contribution is -2.30. The van der Waals surface area contributed by atoms with Gasteiger partial charge in [-0.1, -0.05) is 42.5 Å². The van der Waals surface area contributed by atoms with Gasteiger partial charge < -0.3 is 15.1 Å². The summed E-state index contributed by atoms with van der Waals surface area (Å²) < 4.78 is 0. The summed E-state index contributed by atoms with van der Waals surface area (Å²) in [5.41, 5.74) is 4.69. The molecule has 0 saturated carbocycles. The summed E-state index contributed by atoms with van der Waals surface area (Å²) in [6.07, 6.45) is 5.85. The van der Waals surface area contributed by atoms with Crippen LogP contribution in [-0.2, 0) is 0 Å². The average molecular weight is 385 g/mol. The summed E-state index contributed by atoms with van der Waals surface area (Å²) in [4.78, 5) is 11.2. The second-order valence-corrected chi connectivity index (χ2v) is 6.77. The van der Waals surface area contributed by atoms with E-state index in [1.165, 1.54) is 0 Å². The van der Waals surface area contributed by atoms with Crippen LogP contribution in [0.15, 0.2) is 66.9 Å². The van der Waals surface area contributed by atoms with Gasteiger partial charge in [0.25, 0.3) is 0 Å². The quantitative estimate of drug-likeness (QED) is 0.507. The smallest absolute Gasteiger partial charge is 0.0730 e. The van der Waals surface area contributed by atoms with Gasteiger partial charge in [0.05, 0.1) is 29.9 Å². The molecule has 2 aromatic carbocycles. The number of fused-ring (bicyclic) bond motifs is 2. The van der Waals surface area contributed by atoms with Crippen molar-refractivity contribution in [2.24, 2.45) is 0 Å². The molecule has 0 saturated heterocycles. The fourth-order valence-electron chi connectivity index (χ4n) is 3.56. The molecular formula is C24H23N3O2. The van der Waals surface area contributed by atoms with Crippen LogP contribution in [0.3, 0.4) is 0 Å². The van der Waals surface area contributed by atoms with Gasteiger partial charge in [0.2, 0.25) is 0 Å².